The van der Waals surface area contributed by atoms with Crippen molar-refractivity contribution in [3.63, 3.8) is 0 Å². The van der Waals surface area contributed by atoms with Gasteiger partial charge in [0.2, 0.25) is 0 Å². The van der Waals surface area contributed by atoms with E-state index in [9.17, 15) is 0 Å². The Bertz CT molecular complexity index is 78.2. The van der Waals surface area contributed by atoms with Crippen molar-refractivity contribution in [2.45, 2.75) is 5.00 Å². The van der Waals surface area contributed by atoms with Crippen LogP contribution in [0.5, 0.6) is 0 Å². The topological polar surface area (TPSA) is 0 Å². The molecular weight excluding hydrogens is 170 g/mol. The normalized spacial score (nSPS) is 17.3. The minimum atomic E-state index is -0.0285. The molecule has 0 N–H and O–H groups in total. The minimum absolute atomic E-state index is 0.0285. The second-order valence-corrected chi connectivity index (χ2v) is 4.31. The standard InChI is InChI=1S/C3H5Cl3Si/c4-1-2(5)3(6)7/h1,3H,7H3. The van der Waals surface area contributed by atoms with Gasteiger partial charge in [-0.25, -0.2) is 0 Å². The van der Waals surface area contributed by atoms with Crippen molar-refractivity contribution in [1.29, 1.82) is 0 Å². The van der Waals surface area contributed by atoms with Crippen LogP contribution in [0.1, 0.15) is 0 Å². The third kappa shape index (κ3) is 3.41. The fourth-order valence-corrected chi connectivity index (χ4v) is 0.781. The Morgan fingerprint density at radius 1 is 1.71 bits per heavy atom. The maximum Gasteiger partial charge on any atom is 0.0521 e. The van der Waals surface area contributed by atoms with Crippen molar-refractivity contribution in [2.75, 3.05) is 0 Å². The first-order valence-corrected chi connectivity index (χ1v) is 4.19. The van der Waals surface area contributed by atoms with E-state index in [1.165, 1.54) is 5.54 Å². The summed E-state index contributed by atoms with van der Waals surface area (Å²) in [5, 5.41) is 0.508. The van der Waals surface area contributed by atoms with Gasteiger partial charge in [-0.2, -0.15) is 0 Å². The summed E-state index contributed by atoms with van der Waals surface area (Å²) in [5.41, 5.74) is 1.30. The molecule has 0 aromatic rings. The van der Waals surface area contributed by atoms with Crippen molar-refractivity contribution in [3.05, 3.63) is 10.6 Å². The van der Waals surface area contributed by atoms with Crippen LogP contribution in [0.4, 0.5) is 0 Å². The smallest absolute Gasteiger partial charge is 0.0521 e. The number of halogens is 3. The summed E-state index contributed by atoms with van der Waals surface area (Å²) in [7, 11) is 0.843. The van der Waals surface area contributed by atoms with Crippen LogP contribution in [-0.2, 0) is 0 Å². The van der Waals surface area contributed by atoms with E-state index in [0.717, 1.165) is 10.2 Å². The number of rotatable bonds is 1. The molecule has 0 radical (unpaired) electrons. The molecule has 42 valence electrons. The second-order valence-electron chi connectivity index (χ2n) is 1.11. The Kier molecular flexibility index (Phi) is 4.23. The van der Waals surface area contributed by atoms with Crippen LogP contribution in [-0.4, -0.2) is 15.2 Å². The molecule has 4 heteroatoms. The molecular formula is C3H5Cl3Si. The highest BCUT2D eigenvalue weighted by Crippen LogP contribution is 2.11. The molecule has 0 amide bonds. The van der Waals surface area contributed by atoms with Crippen LogP contribution in [0.15, 0.2) is 10.6 Å². The Morgan fingerprint density at radius 3 is 2.14 bits per heavy atom. The van der Waals surface area contributed by atoms with Crippen molar-refractivity contribution < 1.29 is 0 Å². The lowest BCUT2D eigenvalue weighted by Gasteiger charge is -1.93. The van der Waals surface area contributed by atoms with Crippen LogP contribution >= 0.6 is 34.8 Å². The first-order valence-electron chi connectivity index (χ1n) is 1.78. The molecule has 7 heavy (non-hydrogen) atoms. The van der Waals surface area contributed by atoms with Gasteiger partial charge in [0.1, 0.15) is 0 Å². The summed E-state index contributed by atoms with van der Waals surface area (Å²) < 4.78 is 0. The molecule has 0 aliphatic carbocycles. The van der Waals surface area contributed by atoms with E-state index in [2.05, 4.69) is 0 Å². The van der Waals surface area contributed by atoms with Gasteiger partial charge in [-0.15, -0.1) is 11.6 Å². The van der Waals surface area contributed by atoms with Gasteiger partial charge in [0.25, 0.3) is 0 Å². The van der Waals surface area contributed by atoms with Crippen molar-refractivity contribution in [2.24, 2.45) is 0 Å². The lowest BCUT2D eigenvalue weighted by Crippen LogP contribution is -1.93. The summed E-state index contributed by atoms with van der Waals surface area (Å²) in [5.74, 6) is 0. The third-order valence-corrected chi connectivity index (χ3v) is 2.60. The van der Waals surface area contributed by atoms with E-state index >= 15 is 0 Å². The van der Waals surface area contributed by atoms with Gasteiger partial charge in [-0.05, 0) is 0 Å². The molecule has 0 aromatic carbocycles. The summed E-state index contributed by atoms with van der Waals surface area (Å²) >= 11 is 16.1. The zero-order chi connectivity index (χ0) is 5.86. The number of allylic oxidation sites excluding steroid dienone is 1. The monoisotopic (exact) mass is 174 g/mol. The van der Waals surface area contributed by atoms with E-state index in [1.54, 1.807) is 0 Å². The number of alkyl halides is 1. The Balaban J connectivity index is 3.56. The lowest BCUT2D eigenvalue weighted by molar-refractivity contribution is 1.56. The van der Waals surface area contributed by atoms with E-state index < -0.39 is 0 Å². The molecule has 0 spiro atoms. The molecule has 0 saturated heterocycles. The minimum Gasteiger partial charge on any atom is -0.122 e. The first kappa shape index (κ1) is 7.83. The molecule has 0 bridgehead atoms. The van der Waals surface area contributed by atoms with E-state index in [1.807, 2.05) is 0 Å². The van der Waals surface area contributed by atoms with Gasteiger partial charge >= 0.3 is 0 Å². The average molecular weight is 176 g/mol. The summed E-state index contributed by atoms with van der Waals surface area (Å²) in [6.07, 6.45) is 0. The Hall–Kier alpha value is 0.827. The molecule has 0 aromatic heterocycles. The van der Waals surface area contributed by atoms with Gasteiger partial charge in [0.15, 0.2) is 0 Å². The quantitative estimate of drug-likeness (QED) is 0.416. The zero-order valence-electron chi connectivity index (χ0n) is 3.79. The van der Waals surface area contributed by atoms with Crippen LogP contribution in [0.2, 0.25) is 0 Å². The van der Waals surface area contributed by atoms with Gasteiger partial charge in [0, 0.05) is 20.8 Å². The highest BCUT2D eigenvalue weighted by molar-refractivity contribution is 6.51. The summed E-state index contributed by atoms with van der Waals surface area (Å²) in [4.78, 5) is 0. The molecule has 0 aliphatic rings. The largest absolute Gasteiger partial charge is 0.122 e. The van der Waals surface area contributed by atoms with Crippen molar-refractivity contribution in [1.82, 2.24) is 0 Å². The van der Waals surface area contributed by atoms with Gasteiger partial charge < -0.3 is 0 Å². The highest BCUT2D eigenvalue weighted by atomic mass is 35.5. The van der Waals surface area contributed by atoms with Crippen molar-refractivity contribution >= 4 is 45.0 Å². The van der Waals surface area contributed by atoms with Crippen LogP contribution in [0, 0.1) is 0 Å². The maximum atomic E-state index is 5.51. The molecule has 1 unspecified atom stereocenters. The highest BCUT2D eigenvalue weighted by Gasteiger charge is 1.97. The summed E-state index contributed by atoms with van der Waals surface area (Å²) in [6.45, 7) is 0. The maximum absolute atomic E-state index is 5.51. The second kappa shape index (κ2) is 3.78. The van der Waals surface area contributed by atoms with E-state index in [4.69, 9.17) is 34.8 Å². The third-order valence-electron chi connectivity index (χ3n) is 0.484. The van der Waals surface area contributed by atoms with Crippen LogP contribution in [0.25, 0.3) is 0 Å². The van der Waals surface area contributed by atoms with Gasteiger partial charge in [-0.3, -0.25) is 0 Å². The molecule has 1 atom stereocenters. The molecule has 0 nitrogen and oxygen atoms in total. The SMILES string of the molecule is [SiH3]C(Cl)C(Cl)=CCl. The Labute approximate surface area is 60.9 Å². The molecule has 0 saturated carbocycles. The van der Waals surface area contributed by atoms with Gasteiger partial charge in [-0.1, -0.05) is 23.2 Å². The van der Waals surface area contributed by atoms with Crippen LogP contribution < -0.4 is 0 Å². The number of hydrogen-bond donors (Lipinski definition) is 0. The molecule has 0 aliphatic heterocycles. The van der Waals surface area contributed by atoms with Crippen molar-refractivity contribution in [3.8, 4) is 0 Å². The molecule has 0 fully saturated rings. The van der Waals surface area contributed by atoms with E-state index in [-0.39, 0.29) is 5.00 Å². The van der Waals surface area contributed by atoms with Crippen LogP contribution in [0.3, 0.4) is 0 Å². The molecule has 0 rings (SSSR count). The van der Waals surface area contributed by atoms with Gasteiger partial charge in [0.05, 0.1) is 5.00 Å². The fraction of sp³-hybridized carbons (Fsp3) is 0.333. The Morgan fingerprint density at radius 2 is 2.14 bits per heavy atom. The fourth-order valence-electron chi connectivity index (χ4n) is 0.0868. The zero-order valence-corrected chi connectivity index (χ0v) is 8.06. The predicted octanol–water partition coefficient (Wildman–Crippen LogP) is 1.24. The average Bonchev–Trinajstić information content (AvgIpc) is 1.65. The van der Waals surface area contributed by atoms with E-state index in [0.29, 0.717) is 5.03 Å². The molecule has 0 heterocycles. The first-order chi connectivity index (χ1) is 3.18. The number of hydrogen-bond acceptors (Lipinski definition) is 0. The summed E-state index contributed by atoms with van der Waals surface area (Å²) in [6, 6.07) is 0. The lowest BCUT2D eigenvalue weighted by atomic mass is 10.7. The predicted molar refractivity (Wildman–Crippen MR) is 39.4 cm³/mol.